The van der Waals surface area contributed by atoms with Crippen molar-refractivity contribution >= 4 is 23.1 Å². The lowest BCUT2D eigenvalue weighted by Gasteiger charge is -2.26. The maximum absolute atomic E-state index is 12.1. The summed E-state index contributed by atoms with van der Waals surface area (Å²) in [5.74, 6) is 0.543. The van der Waals surface area contributed by atoms with E-state index in [0.29, 0.717) is 5.92 Å². The van der Waals surface area contributed by atoms with Gasteiger partial charge >= 0.3 is 0 Å². The molecule has 1 aliphatic carbocycles. The van der Waals surface area contributed by atoms with Crippen LogP contribution in [0.3, 0.4) is 0 Å². The molecule has 4 nitrogen and oxygen atoms in total. The van der Waals surface area contributed by atoms with E-state index in [2.05, 4.69) is 5.32 Å². The minimum Gasteiger partial charge on any atom is -0.392 e. The molecule has 1 saturated carbocycles. The fourth-order valence-corrected chi connectivity index (χ4v) is 2.21. The SMILES string of the molecule is CC(C)(C(=O)NC1CCOC1C1CC1)C(N)=S. The Labute approximate surface area is 107 Å². The van der Waals surface area contributed by atoms with E-state index in [1.165, 1.54) is 12.8 Å². The van der Waals surface area contributed by atoms with Crippen molar-refractivity contribution in [3.05, 3.63) is 0 Å². The second-order valence-corrected chi connectivity index (χ2v) is 5.97. The molecule has 2 unspecified atom stereocenters. The molecule has 1 saturated heterocycles. The van der Waals surface area contributed by atoms with Gasteiger partial charge in [-0.1, -0.05) is 12.2 Å². The molecule has 0 aromatic heterocycles. The first kappa shape index (κ1) is 12.8. The number of nitrogens with one attached hydrogen (secondary N) is 1. The van der Waals surface area contributed by atoms with E-state index in [-0.39, 0.29) is 23.0 Å². The summed E-state index contributed by atoms with van der Waals surface area (Å²) in [5.41, 5.74) is 4.81. The lowest BCUT2D eigenvalue weighted by molar-refractivity contribution is -0.127. The quantitative estimate of drug-likeness (QED) is 0.736. The number of ether oxygens (including phenoxy) is 1. The van der Waals surface area contributed by atoms with Crippen molar-refractivity contribution in [2.75, 3.05) is 6.61 Å². The molecule has 0 spiro atoms. The highest BCUT2D eigenvalue weighted by molar-refractivity contribution is 7.80. The van der Waals surface area contributed by atoms with Crippen LogP contribution in [0.1, 0.15) is 33.1 Å². The van der Waals surface area contributed by atoms with Crippen molar-refractivity contribution in [1.29, 1.82) is 0 Å². The van der Waals surface area contributed by atoms with Crippen LogP contribution in [0.5, 0.6) is 0 Å². The number of nitrogens with two attached hydrogens (primary N) is 1. The highest BCUT2D eigenvalue weighted by Crippen LogP contribution is 2.39. The summed E-state index contributed by atoms with van der Waals surface area (Å²) >= 11 is 4.93. The molecule has 1 heterocycles. The Morgan fingerprint density at radius 1 is 1.41 bits per heavy atom. The van der Waals surface area contributed by atoms with Crippen molar-refractivity contribution < 1.29 is 9.53 Å². The topological polar surface area (TPSA) is 64.3 Å². The average Bonchev–Trinajstić information content (AvgIpc) is 2.99. The molecule has 2 fully saturated rings. The molecule has 0 radical (unpaired) electrons. The first-order chi connectivity index (χ1) is 7.93. The number of carbonyl (C=O) groups is 1. The lowest BCUT2D eigenvalue weighted by atomic mass is 9.91. The van der Waals surface area contributed by atoms with E-state index >= 15 is 0 Å². The van der Waals surface area contributed by atoms with Crippen molar-refractivity contribution in [2.45, 2.75) is 45.3 Å². The Morgan fingerprint density at radius 3 is 2.59 bits per heavy atom. The van der Waals surface area contributed by atoms with Gasteiger partial charge in [0, 0.05) is 6.61 Å². The minimum absolute atomic E-state index is 0.0915. The third-order valence-electron chi connectivity index (χ3n) is 3.72. The van der Waals surface area contributed by atoms with Crippen LogP contribution in [-0.4, -0.2) is 29.6 Å². The molecule has 0 bridgehead atoms. The predicted molar refractivity (Wildman–Crippen MR) is 69.6 cm³/mol. The summed E-state index contributed by atoms with van der Waals surface area (Å²) in [6, 6.07) is 0.128. The summed E-state index contributed by atoms with van der Waals surface area (Å²) in [5, 5.41) is 3.04. The smallest absolute Gasteiger partial charge is 0.232 e. The Balaban J connectivity index is 1.96. The van der Waals surface area contributed by atoms with Crippen LogP contribution >= 0.6 is 12.2 Å². The van der Waals surface area contributed by atoms with Crippen molar-refractivity contribution in [1.82, 2.24) is 5.32 Å². The van der Waals surface area contributed by atoms with Gasteiger partial charge in [-0.2, -0.15) is 0 Å². The number of carbonyl (C=O) groups excluding carboxylic acids is 1. The molecule has 17 heavy (non-hydrogen) atoms. The molecule has 3 N–H and O–H groups in total. The predicted octanol–water partition coefficient (Wildman–Crippen LogP) is 0.982. The summed E-state index contributed by atoms with van der Waals surface area (Å²) in [4.78, 5) is 12.3. The molecule has 5 heteroatoms. The molecule has 0 aromatic rings. The molecule has 96 valence electrons. The van der Waals surface area contributed by atoms with E-state index in [9.17, 15) is 4.79 Å². The number of rotatable bonds is 4. The standard InChI is InChI=1S/C12H20N2O2S/c1-12(2,10(13)17)11(15)14-8-5-6-16-9(8)7-3-4-7/h7-9H,3-6H2,1-2H3,(H2,13,17)(H,14,15). The fraction of sp³-hybridized carbons (Fsp3) is 0.833. The molecular formula is C12H20N2O2S. The van der Waals surface area contributed by atoms with Gasteiger partial charge in [-0.25, -0.2) is 0 Å². The zero-order valence-corrected chi connectivity index (χ0v) is 11.2. The van der Waals surface area contributed by atoms with Crippen LogP contribution in [0.15, 0.2) is 0 Å². The summed E-state index contributed by atoms with van der Waals surface area (Å²) < 4.78 is 5.68. The van der Waals surface area contributed by atoms with E-state index < -0.39 is 5.41 Å². The van der Waals surface area contributed by atoms with Gasteiger partial charge < -0.3 is 15.8 Å². The van der Waals surface area contributed by atoms with Crippen LogP contribution in [0.25, 0.3) is 0 Å². The molecular weight excluding hydrogens is 236 g/mol. The van der Waals surface area contributed by atoms with Crippen LogP contribution in [0, 0.1) is 11.3 Å². The maximum Gasteiger partial charge on any atom is 0.232 e. The highest BCUT2D eigenvalue weighted by atomic mass is 32.1. The number of thiocarbonyl (C=S) groups is 1. The van der Waals surface area contributed by atoms with Gasteiger partial charge in [0.15, 0.2) is 0 Å². The summed E-state index contributed by atoms with van der Waals surface area (Å²) in [7, 11) is 0. The first-order valence-corrected chi connectivity index (χ1v) is 6.56. The normalized spacial score (nSPS) is 29.1. The largest absolute Gasteiger partial charge is 0.392 e. The zero-order valence-electron chi connectivity index (χ0n) is 10.4. The monoisotopic (exact) mass is 256 g/mol. The summed E-state index contributed by atoms with van der Waals surface area (Å²) in [6.45, 7) is 4.25. The van der Waals surface area contributed by atoms with Crippen molar-refractivity contribution in [3.8, 4) is 0 Å². The molecule has 2 atom stereocenters. The van der Waals surface area contributed by atoms with Crippen LogP contribution in [-0.2, 0) is 9.53 Å². The van der Waals surface area contributed by atoms with E-state index in [1.807, 2.05) is 0 Å². The Kier molecular flexibility index (Phi) is 3.41. The van der Waals surface area contributed by atoms with Gasteiger partial charge in [-0.05, 0) is 39.0 Å². The van der Waals surface area contributed by atoms with Gasteiger partial charge in [0.25, 0.3) is 0 Å². The van der Waals surface area contributed by atoms with Crippen LogP contribution in [0.4, 0.5) is 0 Å². The van der Waals surface area contributed by atoms with Crippen LogP contribution < -0.4 is 11.1 Å². The maximum atomic E-state index is 12.1. The second kappa shape index (κ2) is 4.53. The molecule has 1 amide bonds. The van der Waals surface area contributed by atoms with Crippen molar-refractivity contribution in [2.24, 2.45) is 17.1 Å². The Bertz CT molecular complexity index is 339. The van der Waals surface area contributed by atoms with Gasteiger partial charge in [0.2, 0.25) is 5.91 Å². The fourth-order valence-electron chi connectivity index (χ4n) is 2.12. The van der Waals surface area contributed by atoms with E-state index in [0.717, 1.165) is 13.0 Å². The highest BCUT2D eigenvalue weighted by Gasteiger charge is 2.43. The zero-order chi connectivity index (χ0) is 12.6. The van der Waals surface area contributed by atoms with Gasteiger partial charge in [0.1, 0.15) is 0 Å². The van der Waals surface area contributed by atoms with Gasteiger partial charge in [0.05, 0.1) is 22.5 Å². The number of hydrogen-bond acceptors (Lipinski definition) is 3. The second-order valence-electron chi connectivity index (χ2n) is 5.53. The summed E-state index contributed by atoms with van der Waals surface area (Å²) in [6.07, 6.45) is 3.52. The number of amides is 1. The Hall–Kier alpha value is -0.680. The van der Waals surface area contributed by atoms with E-state index in [4.69, 9.17) is 22.7 Å². The number of hydrogen-bond donors (Lipinski definition) is 2. The van der Waals surface area contributed by atoms with Gasteiger partial charge in [-0.3, -0.25) is 4.79 Å². The Morgan fingerprint density at radius 2 is 2.06 bits per heavy atom. The lowest BCUT2D eigenvalue weighted by Crippen LogP contribution is -2.50. The third-order valence-corrected chi connectivity index (χ3v) is 4.23. The van der Waals surface area contributed by atoms with Gasteiger partial charge in [-0.15, -0.1) is 0 Å². The molecule has 2 rings (SSSR count). The first-order valence-electron chi connectivity index (χ1n) is 6.15. The molecule has 0 aromatic carbocycles. The van der Waals surface area contributed by atoms with Crippen LogP contribution in [0.2, 0.25) is 0 Å². The molecule has 2 aliphatic rings. The van der Waals surface area contributed by atoms with E-state index in [1.54, 1.807) is 13.8 Å². The van der Waals surface area contributed by atoms with Crippen molar-refractivity contribution in [3.63, 3.8) is 0 Å². The third kappa shape index (κ3) is 2.60. The minimum atomic E-state index is -0.786. The molecule has 1 aliphatic heterocycles. The average molecular weight is 256 g/mol.